The monoisotopic (exact) mass is 415 g/mol. The number of rotatable bonds is 8. The van der Waals surface area contributed by atoms with Crippen LogP contribution in [0.2, 0.25) is 0 Å². The molecule has 2 unspecified atom stereocenters. The molecule has 0 aliphatic heterocycles. The number of hydrogen-bond donors (Lipinski definition) is 2. The summed E-state index contributed by atoms with van der Waals surface area (Å²) in [5.41, 5.74) is 0. The van der Waals surface area contributed by atoms with E-state index in [2.05, 4.69) is 28.8 Å². The van der Waals surface area contributed by atoms with Crippen LogP contribution in [0.3, 0.4) is 0 Å². The average molecular weight is 415 g/mol. The maximum absolute atomic E-state index is 5.32. The third-order valence-electron chi connectivity index (χ3n) is 3.32. The molecule has 0 bridgehead atoms. The first-order valence-corrected chi connectivity index (χ1v) is 8.74. The standard InChI is InChI=1S/C14H29N3OS.HI/c1-4-15-14(16-9-6-10-18-5-2)17-12-7-8-13(11-12)19-3;/h12-13H,4-11H2,1-3H3,(H2,15,16,17);1H. The number of thioether (sulfide) groups is 1. The van der Waals surface area contributed by atoms with Crippen LogP contribution in [0.25, 0.3) is 0 Å². The van der Waals surface area contributed by atoms with E-state index < -0.39 is 0 Å². The number of guanidine groups is 1. The second-order valence-corrected chi connectivity index (χ2v) is 5.96. The van der Waals surface area contributed by atoms with Crippen molar-refractivity contribution >= 4 is 41.7 Å². The van der Waals surface area contributed by atoms with Crippen LogP contribution in [-0.4, -0.2) is 49.8 Å². The van der Waals surface area contributed by atoms with Crippen molar-refractivity contribution < 1.29 is 4.74 Å². The van der Waals surface area contributed by atoms with Gasteiger partial charge in [-0.25, -0.2) is 0 Å². The first kappa shape index (κ1) is 20.3. The van der Waals surface area contributed by atoms with Crippen LogP contribution in [-0.2, 0) is 4.74 Å². The quantitative estimate of drug-likeness (QED) is 0.277. The fourth-order valence-corrected chi connectivity index (χ4v) is 3.10. The molecular weight excluding hydrogens is 385 g/mol. The lowest BCUT2D eigenvalue weighted by atomic mass is 10.2. The van der Waals surface area contributed by atoms with Crippen molar-refractivity contribution in [1.82, 2.24) is 10.6 Å². The number of aliphatic imine (C=N–C) groups is 1. The summed E-state index contributed by atoms with van der Waals surface area (Å²) in [4.78, 5) is 4.61. The summed E-state index contributed by atoms with van der Waals surface area (Å²) in [6.45, 7) is 7.47. The summed E-state index contributed by atoms with van der Waals surface area (Å²) >= 11 is 1.99. The second-order valence-electron chi connectivity index (χ2n) is 4.82. The van der Waals surface area contributed by atoms with E-state index in [1.54, 1.807) is 0 Å². The second kappa shape index (κ2) is 13.0. The highest BCUT2D eigenvalue weighted by Gasteiger charge is 2.24. The zero-order chi connectivity index (χ0) is 13.9. The van der Waals surface area contributed by atoms with Gasteiger partial charge in [0, 0.05) is 37.6 Å². The molecule has 0 aromatic heterocycles. The van der Waals surface area contributed by atoms with Crippen molar-refractivity contribution in [2.45, 2.75) is 50.8 Å². The number of halogens is 1. The smallest absolute Gasteiger partial charge is 0.191 e. The Morgan fingerprint density at radius 1 is 1.35 bits per heavy atom. The molecule has 0 amide bonds. The molecule has 20 heavy (non-hydrogen) atoms. The third-order valence-corrected chi connectivity index (χ3v) is 4.42. The van der Waals surface area contributed by atoms with E-state index in [1.165, 1.54) is 19.3 Å². The molecule has 0 radical (unpaired) electrons. The van der Waals surface area contributed by atoms with Crippen LogP contribution in [0.5, 0.6) is 0 Å². The van der Waals surface area contributed by atoms with E-state index in [1.807, 2.05) is 18.7 Å². The van der Waals surface area contributed by atoms with E-state index in [9.17, 15) is 0 Å². The fraction of sp³-hybridized carbons (Fsp3) is 0.929. The molecule has 1 saturated carbocycles. The normalized spacial score (nSPS) is 22.4. The van der Waals surface area contributed by atoms with Crippen LogP contribution in [0.15, 0.2) is 4.99 Å². The van der Waals surface area contributed by atoms with Gasteiger partial charge in [-0.1, -0.05) is 0 Å². The predicted octanol–water partition coefficient (Wildman–Crippen LogP) is 2.87. The van der Waals surface area contributed by atoms with Gasteiger partial charge in [0.1, 0.15) is 0 Å². The van der Waals surface area contributed by atoms with E-state index in [-0.39, 0.29) is 24.0 Å². The van der Waals surface area contributed by atoms with E-state index in [0.29, 0.717) is 6.04 Å². The molecule has 0 spiro atoms. The molecule has 2 atom stereocenters. The van der Waals surface area contributed by atoms with Crippen LogP contribution in [0, 0.1) is 0 Å². The first-order chi connectivity index (χ1) is 9.30. The Morgan fingerprint density at radius 2 is 2.15 bits per heavy atom. The van der Waals surface area contributed by atoms with Crippen molar-refractivity contribution in [3.8, 4) is 0 Å². The minimum atomic E-state index is 0. The molecule has 6 heteroatoms. The highest BCUT2D eigenvalue weighted by Crippen LogP contribution is 2.27. The lowest BCUT2D eigenvalue weighted by Crippen LogP contribution is -2.42. The minimum Gasteiger partial charge on any atom is -0.382 e. The third kappa shape index (κ3) is 8.56. The van der Waals surface area contributed by atoms with E-state index in [0.717, 1.165) is 43.9 Å². The summed E-state index contributed by atoms with van der Waals surface area (Å²) in [5.74, 6) is 0.964. The van der Waals surface area contributed by atoms with E-state index in [4.69, 9.17) is 4.74 Å². The van der Waals surface area contributed by atoms with Crippen molar-refractivity contribution in [3.05, 3.63) is 0 Å². The molecule has 0 heterocycles. The summed E-state index contributed by atoms with van der Waals surface area (Å²) < 4.78 is 5.32. The SMILES string of the molecule is CCNC(=NCCCOCC)NC1CCC(SC)C1.I. The molecule has 0 aromatic rings. The maximum Gasteiger partial charge on any atom is 0.191 e. The molecule has 2 N–H and O–H groups in total. The Labute approximate surface area is 145 Å². The molecule has 4 nitrogen and oxygen atoms in total. The number of hydrogen-bond acceptors (Lipinski definition) is 3. The highest BCUT2D eigenvalue weighted by molar-refractivity contribution is 14.0. The van der Waals surface area contributed by atoms with Gasteiger partial charge in [-0.15, -0.1) is 24.0 Å². The molecule has 120 valence electrons. The summed E-state index contributed by atoms with van der Waals surface area (Å²) in [5, 5.41) is 7.70. The van der Waals surface area contributed by atoms with E-state index >= 15 is 0 Å². The van der Waals surface area contributed by atoms with Gasteiger partial charge in [0.2, 0.25) is 0 Å². The Hall–Kier alpha value is 0.310. The molecular formula is C14H30IN3OS. The van der Waals surface area contributed by atoms with Gasteiger partial charge in [0.15, 0.2) is 5.96 Å². The van der Waals surface area contributed by atoms with Crippen molar-refractivity contribution in [1.29, 1.82) is 0 Å². The van der Waals surface area contributed by atoms with Crippen LogP contribution in [0.4, 0.5) is 0 Å². The average Bonchev–Trinajstić information content (AvgIpc) is 2.86. The maximum atomic E-state index is 5.32. The van der Waals surface area contributed by atoms with Crippen molar-refractivity contribution in [2.24, 2.45) is 4.99 Å². The van der Waals surface area contributed by atoms with Gasteiger partial charge in [0.25, 0.3) is 0 Å². The summed E-state index contributed by atoms with van der Waals surface area (Å²) in [7, 11) is 0. The van der Waals surface area contributed by atoms with Crippen molar-refractivity contribution in [2.75, 3.05) is 32.6 Å². The van der Waals surface area contributed by atoms with Gasteiger partial charge in [0.05, 0.1) is 0 Å². The van der Waals surface area contributed by atoms with Gasteiger partial charge in [-0.2, -0.15) is 11.8 Å². The predicted molar refractivity (Wildman–Crippen MR) is 101 cm³/mol. The Kier molecular flexibility index (Phi) is 13.2. The van der Waals surface area contributed by atoms with Crippen LogP contribution >= 0.6 is 35.7 Å². The Bertz CT molecular complexity index is 267. The number of nitrogens with zero attached hydrogens (tertiary/aromatic N) is 1. The lowest BCUT2D eigenvalue weighted by molar-refractivity contribution is 0.146. The molecule has 1 fully saturated rings. The topological polar surface area (TPSA) is 45.7 Å². The minimum absolute atomic E-state index is 0. The lowest BCUT2D eigenvalue weighted by Gasteiger charge is -2.17. The highest BCUT2D eigenvalue weighted by atomic mass is 127. The Morgan fingerprint density at radius 3 is 2.75 bits per heavy atom. The number of ether oxygens (including phenoxy) is 1. The molecule has 0 saturated heterocycles. The van der Waals surface area contributed by atoms with Gasteiger partial charge < -0.3 is 15.4 Å². The summed E-state index contributed by atoms with van der Waals surface area (Å²) in [6.07, 6.45) is 7.03. The van der Waals surface area contributed by atoms with Gasteiger partial charge >= 0.3 is 0 Å². The first-order valence-electron chi connectivity index (χ1n) is 7.45. The van der Waals surface area contributed by atoms with Crippen LogP contribution in [0.1, 0.15) is 39.5 Å². The molecule has 1 rings (SSSR count). The van der Waals surface area contributed by atoms with Crippen LogP contribution < -0.4 is 10.6 Å². The molecule has 0 aromatic carbocycles. The van der Waals surface area contributed by atoms with Crippen molar-refractivity contribution in [3.63, 3.8) is 0 Å². The zero-order valence-electron chi connectivity index (χ0n) is 13.0. The summed E-state index contributed by atoms with van der Waals surface area (Å²) in [6, 6.07) is 0.585. The van der Waals surface area contributed by atoms with Gasteiger partial charge in [-0.3, -0.25) is 4.99 Å². The fourth-order valence-electron chi connectivity index (χ4n) is 2.30. The number of nitrogens with one attached hydrogen (secondary N) is 2. The zero-order valence-corrected chi connectivity index (χ0v) is 16.1. The van der Waals surface area contributed by atoms with Gasteiger partial charge in [-0.05, 0) is 45.8 Å². The largest absolute Gasteiger partial charge is 0.382 e. The Balaban J connectivity index is 0.00000361. The molecule has 1 aliphatic carbocycles. The molecule has 1 aliphatic rings.